The van der Waals surface area contributed by atoms with Crippen molar-refractivity contribution in [3.05, 3.63) is 71.5 Å². The van der Waals surface area contributed by atoms with Crippen LogP contribution in [0.3, 0.4) is 0 Å². The number of furan rings is 1. The average molecular weight is 315 g/mol. The molecule has 7 heteroatoms. The molecular formula is C16H14FN3O3. The van der Waals surface area contributed by atoms with Gasteiger partial charge in [-0.15, -0.1) is 0 Å². The molecule has 1 unspecified atom stereocenters. The molecule has 0 fully saturated rings. The molecule has 1 aromatic carbocycles. The quantitative estimate of drug-likeness (QED) is 0.783. The fraction of sp³-hybridized carbons (Fsp3) is 0.188. The first-order valence-electron chi connectivity index (χ1n) is 7.02. The highest BCUT2D eigenvalue weighted by Crippen LogP contribution is 2.13. The fourth-order valence-corrected chi connectivity index (χ4v) is 2.04. The highest BCUT2D eigenvalue weighted by Gasteiger charge is 2.18. The molecule has 1 atom stereocenters. The van der Waals surface area contributed by atoms with E-state index in [1.165, 1.54) is 24.7 Å². The number of benzene rings is 1. The first-order chi connectivity index (χ1) is 11.1. The molecule has 0 spiro atoms. The van der Waals surface area contributed by atoms with Gasteiger partial charge in [-0.2, -0.15) is 4.98 Å². The summed E-state index contributed by atoms with van der Waals surface area (Å²) in [5, 5.41) is 6.61. The molecule has 0 saturated heterocycles. The van der Waals surface area contributed by atoms with Gasteiger partial charge in [0.05, 0.1) is 11.8 Å². The first-order valence-corrected chi connectivity index (χ1v) is 7.02. The van der Waals surface area contributed by atoms with Crippen molar-refractivity contribution in [2.45, 2.75) is 19.4 Å². The monoisotopic (exact) mass is 315 g/mol. The van der Waals surface area contributed by atoms with E-state index in [1.807, 2.05) is 0 Å². The topological polar surface area (TPSA) is 81.2 Å². The normalized spacial score (nSPS) is 12.1. The molecule has 1 amide bonds. The molecule has 2 heterocycles. The van der Waals surface area contributed by atoms with Gasteiger partial charge in [0.15, 0.2) is 5.82 Å². The molecule has 0 aliphatic rings. The molecule has 2 aromatic heterocycles. The SMILES string of the molecule is CC(NC(=O)c1ccoc1)c1nc(Cc2ccc(F)cc2)no1. The zero-order valence-electron chi connectivity index (χ0n) is 12.3. The lowest BCUT2D eigenvalue weighted by atomic mass is 10.1. The lowest BCUT2D eigenvalue weighted by Gasteiger charge is -2.07. The van der Waals surface area contributed by atoms with Gasteiger partial charge in [-0.1, -0.05) is 17.3 Å². The standard InChI is InChI=1S/C16H14FN3O3/c1-10(18-15(21)12-6-7-22-9-12)16-19-14(20-23-16)8-11-2-4-13(17)5-3-11/h2-7,9-10H,8H2,1H3,(H,18,21). The van der Waals surface area contributed by atoms with Crippen molar-refractivity contribution in [3.8, 4) is 0 Å². The van der Waals surface area contributed by atoms with Crippen molar-refractivity contribution in [2.75, 3.05) is 0 Å². The number of halogens is 1. The van der Waals surface area contributed by atoms with Crippen LogP contribution in [0, 0.1) is 5.82 Å². The molecule has 0 radical (unpaired) electrons. The number of nitrogens with zero attached hydrogens (tertiary/aromatic N) is 2. The Hall–Kier alpha value is -2.96. The first kappa shape index (κ1) is 15.0. The van der Waals surface area contributed by atoms with Gasteiger partial charge in [0.25, 0.3) is 5.91 Å². The molecular weight excluding hydrogens is 301 g/mol. The highest BCUT2D eigenvalue weighted by molar-refractivity contribution is 5.93. The predicted molar refractivity (Wildman–Crippen MR) is 78.1 cm³/mol. The Kier molecular flexibility index (Phi) is 4.18. The van der Waals surface area contributed by atoms with Crippen molar-refractivity contribution in [1.29, 1.82) is 0 Å². The van der Waals surface area contributed by atoms with Crippen molar-refractivity contribution < 1.29 is 18.1 Å². The maximum atomic E-state index is 12.9. The maximum absolute atomic E-state index is 12.9. The van der Waals surface area contributed by atoms with Gasteiger partial charge in [0, 0.05) is 6.42 Å². The summed E-state index contributed by atoms with van der Waals surface area (Å²) in [6, 6.07) is 7.21. The number of carbonyl (C=O) groups excluding carboxylic acids is 1. The third-order valence-corrected chi connectivity index (χ3v) is 3.26. The zero-order valence-corrected chi connectivity index (χ0v) is 12.3. The van der Waals surface area contributed by atoms with Crippen LogP contribution in [-0.4, -0.2) is 16.0 Å². The Bertz CT molecular complexity index is 781. The zero-order chi connectivity index (χ0) is 16.2. The number of hydrogen-bond donors (Lipinski definition) is 1. The summed E-state index contributed by atoms with van der Waals surface area (Å²) in [5.74, 6) is 0.192. The van der Waals surface area contributed by atoms with Gasteiger partial charge < -0.3 is 14.3 Å². The number of aromatic nitrogens is 2. The van der Waals surface area contributed by atoms with Gasteiger partial charge in [-0.25, -0.2) is 4.39 Å². The maximum Gasteiger partial charge on any atom is 0.255 e. The van der Waals surface area contributed by atoms with Gasteiger partial charge in [-0.05, 0) is 30.7 Å². The second-order valence-electron chi connectivity index (χ2n) is 5.06. The van der Waals surface area contributed by atoms with Crippen LogP contribution >= 0.6 is 0 Å². The van der Waals surface area contributed by atoms with Crippen molar-refractivity contribution in [3.63, 3.8) is 0 Å². The summed E-state index contributed by atoms with van der Waals surface area (Å²) in [6.45, 7) is 1.74. The molecule has 3 aromatic rings. The summed E-state index contributed by atoms with van der Waals surface area (Å²) in [5.41, 5.74) is 1.29. The van der Waals surface area contributed by atoms with Gasteiger partial charge in [0.2, 0.25) is 5.89 Å². The second kappa shape index (κ2) is 6.43. The Morgan fingerprint density at radius 2 is 2.09 bits per heavy atom. The van der Waals surface area contributed by atoms with E-state index in [1.54, 1.807) is 25.1 Å². The molecule has 0 saturated carbocycles. The molecule has 118 valence electrons. The minimum Gasteiger partial charge on any atom is -0.472 e. The Labute approximate surface area is 131 Å². The molecule has 23 heavy (non-hydrogen) atoms. The van der Waals surface area contributed by atoms with Crippen molar-refractivity contribution >= 4 is 5.91 Å². The van der Waals surface area contributed by atoms with E-state index in [0.29, 0.717) is 23.7 Å². The van der Waals surface area contributed by atoms with Crippen LogP contribution in [0.2, 0.25) is 0 Å². The van der Waals surface area contributed by atoms with E-state index in [2.05, 4.69) is 15.5 Å². The van der Waals surface area contributed by atoms with Crippen LogP contribution in [0.4, 0.5) is 4.39 Å². The number of nitrogens with one attached hydrogen (secondary N) is 1. The highest BCUT2D eigenvalue weighted by atomic mass is 19.1. The third kappa shape index (κ3) is 3.63. The van der Waals surface area contributed by atoms with Gasteiger partial charge in [0.1, 0.15) is 18.1 Å². The lowest BCUT2D eigenvalue weighted by molar-refractivity contribution is 0.0932. The number of hydrogen-bond acceptors (Lipinski definition) is 5. The van der Waals surface area contributed by atoms with Crippen LogP contribution in [0.5, 0.6) is 0 Å². The van der Waals surface area contributed by atoms with Crippen LogP contribution in [-0.2, 0) is 6.42 Å². The largest absolute Gasteiger partial charge is 0.472 e. The van der Waals surface area contributed by atoms with Crippen molar-refractivity contribution in [1.82, 2.24) is 15.5 Å². The Morgan fingerprint density at radius 3 is 2.78 bits per heavy atom. The summed E-state index contributed by atoms with van der Waals surface area (Å²) >= 11 is 0. The van der Waals surface area contributed by atoms with Crippen LogP contribution in [0.1, 0.15) is 40.6 Å². The molecule has 0 bridgehead atoms. The van der Waals surface area contributed by atoms with Crippen LogP contribution in [0.15, 0.2) is 51.8 Å². The lowest BCUT2D eigenvalue weighted by Crippen LogP contribution is -2.26. The smallest absolute Gasteiger partial charge is 0.255 e. The van der Waals surface area contributed by atoms with Crippen LogP contribution in [0.25, 0.3) is 0 Å². The summed E-state index contributed by atoms with van der Waals surface area (Å²) < 4.78 is 22.9. The minimum atomic E-state index is -0.438. The third-order valence-electron chi connectivity index (χ3n) is 3.26. The Balaban J connectivity index is 1.64. The van der Waals surface area contributed by atoms with Crippen LogP contribution < -0.4 is 5.32 Å². The van der Waals surface area contributed by atoms with Crippen molar-refractivity contribution in [2.24, 2.45) is 0 Å². The second-order valence-corrected chi connectivity index (χ2v) is 5.06. The number of amides is 1. The van der Waals surface area contributed by atoms with Gasteiger partial charge in [-0.3, -0.25) is 4.79 Å². The van der Waals surface area contributed by atoms with E-state index < -0.39 is 6.04 Å². The number of carbonyl (C=O) groups is 1. The van der Waals surface area contributed by atoms with E-state index in [9.17, 15) is 9.18 Å². The molecule has 0 aliphatic carbocycles. The summed E-state index contributed by atoms with van der Waals surface area (Å²) in [7, 11) is 0. The molecule has 3 rings (SSSR count). The van der Waals surface area contributed by atoms with E-state index >= 15 is 0 Å². The predicted octanol–water partition coefficient (Wildman–Crippen LogP) is 2.88. The minimum absolute atomic E-state index is 0.287. The molecule has 1 N–H and O–H groups in total. The van der Waals surface area contributed by atoms with E-state index in [4.69, 9.17) is 8.94 Å². The van der Waals surface area contributed by atoms with Gasteiger partial charge >= 0.3 is 0 Å². The van der Waals surface area contributed by atoms with E-state index in [0.717, 1.165) is 5.56 Å². The number of rotatable bonds is 5. The van der Waals surface area contributed by atoms with E-state index in [-0.39, 0.29) is 11.7 Å². The summed E-state index contributed by atoms with van der Waals surface area (Å²) in [4.78, 5) is 16.2. The fourth-order valence-electron chi connectivity index (χ4n) is 2.04. The molecule has 0 aliphatic heterocycles. The Morgan fingerprint density at radius 1 is 1.30 bits per heavy atom. The average Bonchev–Trinajstić information content (AvgIpc) is 3.21. The summed E-state index contributed by atoms with van der Waals surface area (Å²) in [6.07, 6.45) is 3.20. The molecule has 6 nitrogen and oxygen atoms in total.